The van der Waals surface area contributed by atoms with Gasteiger partial charge in [-0.3, -0.25) is 0 Å². The molecular weight excluding hydrogens is 252 g/mol. The molecule has 0 atom stereocenters. The number of rotatable bonds is 4. The summed E-state index contributed by atoms with van der Waals surface area (Å²) >= 11 is 0. The number of carbonyl (C=O) groups excluding carboxylic acids is 1. The molecule has 4 nitrogen and oxygen atoms in total. The molecule has 0 aliphatic carbocycles. The fourth-order valence-corrected chi connectivity index (χ4v) is 2.54. The maximum Gasteiger partial charge on any atom is 0.336 e. The number of likely N-dealkylation sites (tertiary alicyclic amines) is 1. The van der Waals surface area contributed by atoms with Crippen LogP contribution in [0.15, 0.2) is 35.9 Å². The average Bonchev–Trinajstić information content (AvgIpc) is 3.01. The summed E-state index contributed by atoms with van der Waals surface area (Å²) in [6.07, 6.45) is 2.28. The second-order valence-electron chi connectivity index (χ2n) is 4.71. The Morgan fingerprint density at radius 3 is 2.50 bits per heavy atom. The zero-order chi connectivity index (χ0) is 14.4. The lowest BCUT2D eigenvalue weighted by Crippen LogP contribution is -2.22. The van der Waals surface area contributed by atoms with Crippen molar-refractivity contribution in [3.63, 3.8) is 0 Å². The largest absolute Gasteiger partial charge is 0.466 e. The summed E-state index contributed by atoms with van der Waals surface area (Å²) < 4.78 is 4.85. The Balaban J connectivity index is 2.53. The Labute approximate surface area is 119 Å². The van der Waals surface area contributed by atoms with Gasteiger partial charge in [0.25, 0.3) is 0 Å². The molecule has 1 heterocycles. The van der Waals surface area contributed by atoms with E-state index in [4.69, 9.17) is 10.00 Å². The van der Waals surface area contributed by atoms with E-state index in [0.29, 0.717) is 5.57 Å². The highest BCUT2D eigenvalue weighted by Gasteiger charge is 2.24. The monoisotopic (exact) mass is 270 g/mol. The van der Waals surface area contributed by atoms with Crippen molar-refractivity contribution in [2.24, 2.45) is 0 Å². The van der Waals surface area contributed by atoms with Crippen LogP contribution < -0.4 is 0 Å². The van der Waals surface area contributed by atoms with E-state index in [0.717, 1.165) is 37.2 Å². The number of benzene rings is 1. The molecule has 0 aromatic heterocycles. The minimum absolute atomic E-state index is 0.0629. The normalized spacial score (nSPS) is 15.5. The molecule has 0 unspecified atom stereocenters. The van der Waals surface area contributed by atoms with Gasteiger partial charge in [0.05, 0.1) is 30.9 Å². The molecule has 2 rings (SSSR count). The van der Waals surface area contributed by atoms with Gasteiger partial charge in [0.1, 0.15) is 0 Å². The van der Waals surface area contributed by atoms with Crippen LogP contribution in [0.1, 0.15) is 24.8 Å². The number of hydrogen-bond donors (Lipinski definition) is 0. The second-order valence-corrected chi connectivity index (χ2v) is 4.71. The quantitative estimate of drug-likeness (QED) is 0.623. The SMILES string of the molecule is COC(=O)/C(CC#N)=C(/c1ccccc1)N1CCCC1. The molecule has 0 radical (unpaired) electrons. The molecule has 1 aromatic carbocycles. The standard InChI is InChI=1S/C16H18N2O2/c1-20-16(19)14(9-10-17)15(18-11-5-6-12-18)13-7-3-2-4-8-13/h2-4,7-8H,5-6,9,11-12H2,1H3/b15-14-. The molecule has 1 aromatic rings. The van der Waals surface area contributed by atoms with Crippen LogP contribution in [0, 0.1) is 11.3 Å². The van der Waals surface area contributed by atoms with Gasteiger partial charge in [0, 0.05) is 13.1 Å². The third-order valence-electron chi connectivity index (χ3n) is 3.44. The van der Waals surface area contributed by atoms with Gasteiger partial charge in [-0.2, -0.15) is 5.26 Å². The van der Waals surface area contributed by atoms with Crippen molar-refractivity contribution in [1.82, 2.24) is 4.90 Å². The molecule has 104 valence electrons. The van der Waals surface area contributed by atoms with E-state index >= 15 is 0 Å². The number of esters is 1. The van der Waals surface area contributed by atoms with Gasteiger partial charge in [-0.05, 0) is 18.4 Å². The number of carbonyl (C=O) groups is 1. The Morgan fingerprint density at radius 2 is 1.95 bits per heavy atom. The number of ether oxygens (including phenoxy) is 1. The summed E-state index contributed by atoms with van der Waals surface area (Å²) in [5.74, 6) is -0.419. The zero-order valence-corrected chi connectivity index (χ0v) is 11.6. The topological polar surface area (TPSA) is 53.3 Å². The van der Waals surface area contributed by atoms with Crippen LogP contribution in [-0.4, -0.2) is 31.1 Å². The van der Waals surface area contributed by atoms with Gasteiger partial charge < -0.3 is 9.64 Å². The molecule has 20 heavy (non-hydrogen) atoms. The first-order valence-electron chi connectivity index (χ1n) is 6.76. The summed E-state index contributed by atoms with van der Waals surface area (Å²) in [6.45, 7) is 1.83. The van der Waals surface area contributed by atoms with Gasteiger partial charge >= 0.3 is 5.97 Å². The molecule has 0 N–H and O–H groups in total. The Bertz CT molecular complexity index is 537. The van der Waals surface area contributed by atoms with Crippen molar-refractivity contribution in [3.05, 3.63) is 41.5 Å². The molecule has 0 spiro atoms. The van der Waals surface area contributed by atoms with Crippen LogP contribution in [0.4, 0.5) is 0 Å². The van der Waals surface area contributed by atoms with Gasteiger partial charge in [0.2, 0.25) is 0 Å². The first-order chi connectivity index (χ1) is 9.77. The van der Waals surface area contributed by atoms with Gasteiger partial charge in [-0.15, -0.1) is 0 Å². The van der Waals surface area contributed by atoms with Crippen LogP contribution in [0.3, 0.4) is 0 Å². The predicted molar refractivity (Wildman–Crippen MR) is 76.4 cm³/mol. The predicted octanol–water partition coefficient (Wildman–Crippen LogP) is 2.58. The van der Waals surface area contributed by atoms with E-state index < -0.39 is 5.97 Å². The number of nitriles is 1. The third kappa shape index (κ3) is 3.00. The van der Waals surface area contributed by atoms with E-state index in [1.165, 1.54) is 7.11 Å². The lowest BCUT2D eigenvalue weighted by atomic mass is 10.0. The maximum absolute atomic E-state index is 12.0. The summed E-state index contributed by atoms with van der Waals surface area (Å²) in [7, 11) is 1.35. The Hall–Kier alpha value is -2.28. The molecule has 1 saturated heterocycles. The lowest BCUT2D eigenvalue weighted by molar-refractivity contribution is -0.136. The molecular formula is C16H18N2O2. The molecule has 1 aliphatic rings. The minimum atomic E-state index is -0.419. The Morgan fingerprint density at radius 1 is 1.30 bits per heavy atom. The van der Waals surface area contributed by atoms with Gasteiger partial charge in [-0.25, -0.2) is 4.79 Å². The average molecular weight is 270 g/mol. The first-order valence-corrected chi connectivity index (χ1v) is 6.76. The highest BCUT2D eigenvalue weighted by molar-refractivity contribution is 5.97. The lowest BCUT2D eigenvalue weighted by Gasteiger charge is -2.24. The van der Waals surface area contributed by atoms with Crippen LogP contribution >= 0.6 is 0 Å². The summed E-state index contributed by atoms with van der Waals surface area (Å²) in [5, 5.41) is 9.01. The van der Waals surface area contributed by atoms with Crippen LogP contribution in [-0.2, 0) is 9.53 Å². The van der Waals surface area contributed by atoms with Crippen molar-refractivity contribution < 1.29 is 9.53 Å². The first kappa shape index (κ1) is 14.1. The maximum atomic E-state index is 12.0. The molecule has 0 amide bonds. The number of methoxy groups -OCH3 is 1. The van der Waals surface area contributed by atoms with Crippen LogP contribution in [0.25, 0.3) is 5.70 Å². The van der Waals surface area contributed by atoms with Crippen molar-refractivity contribution >= 4 is 11.7 Å². The van der Waals surface area contributed by atoms with E-state index in [1.54, 1.807) is 0 Å². The zero-order valence-electron chi connectivity index (χ0n) is 11.6. The van der Waals surface area contributed by atoms with Crippen molar-refractivity contribution in [3.8, 4) is 6.07 Å². The van der Waals surface area contributed by atoms with Crippen LogP contribution in [0.5, 0.6) is 0 Å². The summed E-state index contributed by atoms with van der Waals surface area (Å²) in [4.78, 5) is 14.2. The van der Waals surface area contributed by atoms with Gasteiger partial charge in [0.15, 0.2) is 0 Å². The highest BCUT2D eigenvalue weighted by Crippen LogP contribution is 2.29. The van der Waals surface area contributed by atoms with E-state index in [1.807, 2.05) is 30.3 Å². The molecule has 1 fully saturated rings. The third-order valence-corrected chi connectivity index (χ3v) is 3.44. The smallest absolute Gasteiger partial charge is 0.336 e. The fraction of sp³-hybridized carbons (Fsp3) is 0.375. The van der Waals surface area contributed by atoms with E-state index in [2.05, 4.69) is 11.0 Å². The molecule has 0 bridgehead atoms. The van der Waals surface area contributed by atoms with Crippen molar-refractivity contribution in [2.75, 3.05) is 20.2 Å². The van der Waals surface area contributed by atoms with Crippen LogP contribution in [0.2, 0.25) is 0 Å². The highest BCUT2D eigenvalue weighted by atomic mass is 16.5. The molecule has 4 heteroatoms. The van der Waals surface area contributed by atoms with Gasteiger partial charge in [-0.1, -0.05) is 30.3 Å². The fourth-order valence-electron chi connectivity index (χ4n) is 2.54. The molecule has 1 aliphatic heterocycles. The second kappa shape index (κ2) is 6.76. The van der Waals surface area contributed by atoms with Crippen molar-refractivity contribution in [2.45, 2.75) is 19.3 Å². The number of nitrogens with zero attached hydrogens (tertiary/aromatic N) is 2. The molecule has 0 saturated carbocycles. The summed E-state index contributed by atoms with van der Waals surface area (Å²) in [6, 6.07) is 11.8. The number of hydrogen-bond acceptors (Lipinski definition) is 4. The van der Waals surface area contributed by atoms with E-state index in [9.17, 15) is 4.79 Å². The minimum Gasteiger partial charge on any atom is -0.466 e. The van der Waals surface area contributed by atoms with Crippen molar-refractivity contribution in [1.29, 1.82) is 5.26 Å². The van der Waals surface area contributed by atoms with E-state index in [-0.39, 0.29) is 6.42 Å². The summed E-state index contributed by atoms with van der Waals surface area (Å²) in [5.41, 5.74) is 2.25. The Kier molecular flexibility index (Phi) is 4.78.